The molecule has 0 spiro atoms. The molecule has 0 radical (unpaired) electrons. The Morgan fingerprint density at radius 2 is 2.47 bits per heavy atom. The maximum atomic E-state index is 5.86. The molecule has 0 bridgehead atoms. The number of rotatable bonds is 3. The summed E-state index contributed by atoms with van der Waals surface area (Å²) in [5.41, 5.74) is -0.117. The van der Waals surface area contributed by atoms with Crippen molar-refractivity contribution in [2.75, 3.05) is 13.7 Å². The van der Waals surface area contributed by atoms with Crippen LogP contribution in [0, 0.1) is 0 Å². The van der Waals surface area contributed by atoms with Crippen molar-refractivity contribution in [1.82, 2.24) is 14.9 Å². The number of ether oxygens (including phenoxy) is 1. The van der Waals surface area contributed by atoms with Crippen molar-refractivity contribution < 1.29 is 4.74 Å². The molecule has 84 valence electrons. The van der Waals surface area contributed by atoms with E-state index in [-0.39, 0.29) is 11.6 Å². The van der Waals surface area contributed by atoms with Gasteiger partial charge in [0.1, 0.15) is 5.82 Å². The van der Waals surface area contributed by atoms with Crippen LogP contribution in [-0.4, -0.2) is 28.8 Å². The lowest BCUT2D eigenvalue weighted by Gasteiger charge is -2.32. The standard InChI is InChI=1S/C11H19N3O/c1-11(5-4-8-15-11)9(12-2)10-13-6-7-14(10)3/h6-7,9,12H,4-5,8H2,1-3H3. The van der Waals surface area contributed by atoms with Crippen LogP contribution in [0.4, 0.5) is 0 Å². The average molecular weight is 209 g/mol. The molecule has 2 unspecified atom stereocenters. The minimum atomic E-state index is -0.117. The average Bonchev–Trinajstić information content (AvgIpc) is 2.79. The second-order valence-electron chi connectivity index (χ2n) is 4.38. The van der Waals surface area contributed by atoms with E-state index in [1.165, 1.54) is 0 Å². The molecule has 2 rings (SSSR count). The lowest BCUT2D eigenvalue weighted by Crippen LogP contribution is -2.41. The van der Waals surface area contributed by atoms with Crippen LogP contribution < -0.4 is 5.32 Å². The molecule has 1 N–H and O–H groups in total. The molecule has 1 aliphatic heterocycles. The first-order chi connectivity index (χ1) is 7.17. The van der Waals surface area contributed by atoms with Crippen molar-refractivity contribution >= 4 is 0 Å². The molecule has 0 amide bonds. The van der Waals surface area contributed by atoms with Gasteiger partial charge in [-0.25, -0.2) is 4.98 Å². The predicted octanol–water partition coefficient (Wildman–Crippen LogP) is 1.25. The van der Waals surface area contributed by atoms with E-state index in [1.807, 2.05) is 31.1 Å². The van der Waals surface area contributed by atoms with E-state index in [0.717, 1.165) is 25.3 Å². The Kier molecular flexibility index (Phi) is 2.80. The Morgan fingerprint density at radius 3 is 2.93 bits per heavy atom. The molecule has 1 saturated heterocycles. The highest BCUT2D eigenvalue weighted by atomic mass is 16.5. The van der Waals surface area contributed by atoms with Gasteiger partial charge in [0.15, 0.2) is 0 Å². The minimum absolute atomic E-state index is 0.117. The van der Waals surface area contributed by atoms with Crippen LogP contribution in [0.2, 0.25) is 0 Å². The van der Waals surface area contributed by atoms with Gasteiger partial charge in [-0.05, 0) is 26.8 Å². The van der Waals surface area contributed by atoms with Gasteiger partial charge in [0, 0.05) is 26.0 Å². The van der Waals surface area contributed by atoms with Crippen molar-refractivity contribution in [2.24, 2.45) is 7.05 Å². The van der Waals surface area contributed by atoms with Crippen LogP contribution in [0.5, 0.6) is 0 Å². The van der Waals surface area contributed by atoms with E-state index < -0.39 is 0 Å². The predicted molar refractivity (Wildman–Crippen MR) is 58.6 cm³/mol. The molecule has 1 fully saturated rings. The summed E-state index contributed by atoms with van der Waals surface area (Å²) in [6.45, 7) is 3.02. The van der Waals surface area contributed by atoms with E-state index >= 15 is 0 Å². The van der Waals surface area contributed by atoms with Crippen molar-refractivity contribution in [2.45, 2.75) is 31.4 Å². The fourth-order valence-corrected chi connectivity index (χ4v) is 2.39. The second-order valence-corrected chi connectivity index (χ2v) is 4.38. The summed E-state index contributed by atoms with van der Waals surface area (Å²) in [6.07, 6.45) is 6.03. The second kappa shape index (κ2) is 3.94. The number of hydrogen-bond acceptors (Lipinski definition) is 3. The van der Waals surface area contributed by atoms with E-state index in [2.05, 4.69) is 17.2 Å². The summed E-state index contributed by atoms with van der Waals surface area (Å²) < 4.78 is 7.91. The lowest BCUT2D eigenvalue weighted by molar-refractivity contribution is -0.0134. The van der Waals surface area contributed by atoms with E-state index in [9.17, 15) is 0 Å². The Labute approximate surface area is 90.6 Å². The summed E-state index contributed by atoms with van der Waals surface area (Å²) in [5.74, 6) is 1.04. The molecule has 1 aromatic heterocycles. The van der Waals surface area contributed by atoms with Gasteiger partial charge in [-0.1, -0.05) is 0 Å². The number of imidazole rings is 1. The monoisotopic (exact) mass is 209 g/mol. The molecular formula is C11H19N3O. The van der Waals surface area contributed by atoms with E-state index in [1.54, 1.807) is 0 Å². The Balaban J connectivity index is 2.27. The van der Waals surface area contributed by atoms with Gasteiger partial charge in [-0.3, -0.25) is 0 Å². The lowest BCUT2D eigenvalue weighted by atomic mass is 9.92. The van der Waals surface area contributed by atoms with E-state index in [4.69, 9.17) is 4.74 Å². The number of nitrogens with one attached hydrogen (secondary N) is 1. The summed E-state index contributed by atoms with van der Waals surface area (Å²) in [7, 11) is 3.98. The molecule has 2 atom stereocenters. The highest BCUT2D eigenvalue weighted by Crippen LogP contribution is 2.36. The van der Waals surface area contributed by atoms with Crippen molar-refractivity contribution in [3.8, 4) is 0 Å². The van der Waals surface area contributed by atoms with Gasteiger partial charge in [-0.15, -0.1) is 0 Å². The number of aromatic nitrogens is 2. The number of nitrogens with zero attached hydrogens (tertiary/aromatic N) is 2. The van der Waals surface area contributed by atoms with Gasteiger partial charge in [0.05, 0.1) is 11.6 Å². The first-order valence-corrected chi connectivity index (χ1v) is 5.46. The van der Waals surface area contributed by atoms with Gasteiger partial charge >= 0.3 is 0 Å². The van der Waals surface area contributed by atoms with Gasteiger partial charge < -0.3 is 14.6 Å². The molecule has 15 heavy (non-hydrogen) atoms. The fourth-order valence-electron chi connectivity index (χ4n) is 2.39. The topological polar surface area (TPSA) is 39.1 Å². The summed E-state index contributed by atoms with van der Waals surface area (Å²) in [4.78, 5) is 4.40. The van der Waals surface area contributed by atoms with Crippen LogP contribution in [0.1, 0.15) is 31.6 Å². The molecule has 0 aromatic carbocycles. The SMILES string of the molecule is CNC(c1nccn1C)C1(C)CCCO1. The third-order valence-electron chi connectivity index (χ3n) is 3.27. The molecule has 1 aliphatic rings. The summed E-state index contributed by atoms with van der Waals surface area (Å²) in [5, 5.41) is 3.32. The van der Waals surface area contributed by atoms with Gasteiger partial charge in [-0.2, -0.15) is 0 Å². The Bertz CT molecular complexity index is 328. The summed E-state index contributed by atoms with van der Waals surface area (Å²) >= 11 is 0. The number of likely N-dealkylation sites (N-methyl/N-ethyl adjacent to an activating group) is 1. The van der Waals surface area contributed by atoms with Crippen LogP contribution in [0.15, 0.2) is 12.4 Å². The quantitative estimate of drug-likeness (QED) is 0.814. The molecule has 0 saturated carbocycles. The first kappa shape index (κ1) is 10.6. The molecule has 4 nitrogen and oxygen atoms in total. The zero-order valence-corrected chi connectivity index (χ0v) is 9.66. The summed E-state index contributed by atoms with van der Waals surface area (Å²) in [6, 6.07) is 0.167. The van der Waals surface area contributed by atoms with Crippen LogP contribution >= 0.6 is 0 Å². The normalized spacial score (nSPS) is 28.2. The van der Waals surface area contributed by atoms with Crippen LogP contribution in [-0.2, 0) is 11.8 Å². The molecule has 0 aliphatic carbocycles. The minimum Gasteiger partial charge on any atom is -0.373 e. The maximum absolute atomic E-state index is 5.86. The van der Waals surface area contributed by atoms with Crippen molar-refractivity contribution in [1.29, 1.82) is 0 Å². The third kappa shape index (κ3) is 1.79. The van der Waals surface area contributed by atoms with Crippen LogP contribution in [0.25, 0.3) is 0 Å². The van der Waals surface area contributed by atoms with Gasteiger partial charge in [0.25, 0.3) is 0 Å². The highest BCUT2D eigenvalue weighted by Gasteiger charge is 2.40. The zero-order valence-electron chi connectivity index (χ0n) is 9.66. The maximum Gasteiger partial charge on any atom is 0.128 e. The van der Waals surface area contributed by atoms with Crippen molar-refractivity contribution in [3.05, 3.63) is 18.2 Å². The fraction of sp³-hybridized carbons (Fsp3) is 0.727. The molecular weight excluding hydrogens is 190 g/mol. The zero-order chi connectivity index (χ0) is 10.9. The highest BCUT2D eigenvalue weighted by molar-refractivity contribution is 5.07. The molecule has 4 heteroatoms. The molecule has 2 heterocycles. The van der Waals surface area contributed by atoms with E-state index in [0.29, 0.717) is 0 Å². The Morgan fingerprint density at radius 1 is 1.67 bits per heavy atom. The first-order valence-electron chi connectivity index (χ1n) is 5.46. The smallest absolute Gasteiger partial charge is 0.128 e. The van der Waals surface area contributed by atoms with Crippen LogP contribution in [0.3, 0.4) is 0 Å². The van der Waals surface area contributed by atoms with Gasteiger partial charge in [0.2, 0.25) is 0 Å². The third-order valence-corrected chi connectivity index (χ3v) is 3.27. The Hall–Kier alpha value is -0.870. The molecule has 1 aromatic rings. The largest absolute Gasteiger partial charge is 0.373 e. The number of hydrogen-bond donors (Lipinski definition) is 1. The number of aryl methyl sites for hydroxylation is 1. The van der Waals surface area contributed by atoms with Crippen molar-refractivity contribution in [3.63, 3.8) is 0 Å².